The normalized spacial score (nSPS) is 10.7. The fraction of sp³-hybridized carbons (Fsp3) is 0.125. The smallest absolute Gasteiger partial charge is 0.246 e. The average molecular weight is 229 g/mol. The lowest BCUT2D eigenvalue weighted by Crippen LogP contribution is -2.15. The van der Waals surface area contributed by atoms with Crippen LogP contribution < -0.4 is 10.5 Å². The predicted molar refractivity (Wildman–Crippen MR) is 53.8 cm³/mol. The van der Waals surface area contributed by atoms with Crippen molar-refractivity contribution in [1.29, 1.82) is 5.26 Å². The summed E-state index contributed by atoms with van der Waals surface area (Å²) in [7, 11) is -3.75. The van der Waals surface area contributed by atoms with Crippen LogP contribution in [0.4, 0.5) is 15.8 Å². The molecule has 0 saturated carbocycles. The molecule has 3 N–H and O–H groups in total. The zero-order valence-electron chi connectivity index (χ0n) is 7.57. The van der Waals surface area contributed by atoms with E-state index in [2.05, 4.69) is 0 Å². The van der Waals surface area contributed by atoms with Crippen molar-refractivity contribution in [3.05, 3.63) is 24.0 Å². The van der Waals surface area contributed by atoms with Crippen LogP contribution in [0.1, 0.15) is 0 Å². The van der Waals surface area contributed by atoms with Crippen molar-refractivity contribution in [3.8, 4) is 6.07 Å². The first kappa shape index (κ1) is 11.3. The molecule has 0 saturated heterocycles. The van der Waals surface area contributed by atoms with Gasteiger partial charge in [-0.3, -0.25) is 4.72 Å². The van der Waals surface area contributed by atoms with Gasteiger partial charge >= 0.3 is 0 Å². The maximum atomic E-state index is 12.8. The molecule has 15 heavy (non-hydrogen) atoms. The zero-order chi connectivity index (χ0) is 11.5. The Morgan fingerprint density at radius 1 is 1.47 bits per heavy atom. The number of hydrogen-bond acceptors (Lipinski definition) is 4. The van der Waals surface area contributed by atoms with E-state index < -0.39 is 21.6 Å². The lowest BCUT2D eigenvalue weighted by Gasteiger charge is -2.05. The molecule has 0 spiro atoms. The van der Waals surface area contributed by atoms with Crippen LogP contribution in [0.2, 0.25) is 0 Å². The summed E-state index contributed by atoms with van der Waals surface area (Å²) in [6, 6.07) is 4.78. The van der Waals surface area contributed by atoms with Gasteiger partial charge in [-0.2, -0.15) is 5.26 Å². The van der Waals surface area contributed by atoms with Crippen molar-refractivity contribution in [2.45, 2.75) is 0 Å². The fourth-order valence-electron chi connectivity index (χ4n) is 0.972. The number of nitriles is 1. The van der Waals surface area contributed by atoms with Crippen molar-refractivity contribution >= 4 is 21.4 Å². The number of rotatable bonds is 3. The molecule has 0 aromatic heterocycles. The zero-order valence-corrected chi connectivity index (χ0v) is 8.38. The van der Waals surface area contributed by atoms with Gasteiger partial charge in [-0.1, -0.05) is 0 Å². The molecule has 80 valence electrons. The van der Waals surface area contributed by atoms with Gasteiger partial charge < -0.3 is 5.73 Å². The monoisotopic (exact) mass is 229 g/mol. The van der Waals surface area contributed by atoms with Crippen molar-refractivity contribution in [3.63, 3.8) is 0 Å². The van der Waals surface area contributed by atoms with Gasteiger partial charge in [0.1, 0.15) is 5.82 Å². The molecule has 1 aromatic rings. The van der Waals surface area contributed by atoms with Crippen molar-refractivity contribution < 1.29 is 12.8 Å². The number of nitrogens with two attached hydrogens (primary N) is 1. The van der Waals surface area contributed by atoms with E-state index in [0.29, 0.717) is 0 Å². The number of nitrogens with zero attached hydrogens (tertiary/aromatic N) is 1. The van der Waals surface area contributed by atoms with E-state index in [9.17, 15) is 12.8 Å². The summed E-state index contributed by atoms with van der Waals surface area (Å²) >= 11 is 0. The second-order valence-corrected chi connectivity index (χ2v) is 4.51. The van der Waals surface area contributed by atoms with E-state index in [-0.39, 0.29) is 11.4 Å². The summed E-state index contributed by atoms with van der Waals surface area (Å²) in [6.07, 6.45) is 0. The molecular weight excluding hydrogens is 221 g/mol. The van der Waals surface area contributed by atoms with Gasteiger partial charge in [0, 0.05) is 5.69 Å². The van der Waals surface area contributed by atoms with E-state index in [1.54, 1.807) is 0 Å². The topological polar surface area (TPSA) is 96.0 Å². The van der Waals surface area contributed by atoms with Crippen LogP contribution in [0.15, 0.2) is 18.2 Å². The molecule has 0 aliphatic rings. The highest BCUT2D eigenvalue weighted by molar-refractivity contribution is 7.92. The quantitative estimate of drug-likeness (QED) is 0.744. The summed E-state index contributed by atoms with van der Waals surface area (Å²) in [6.45, 7) is 0. The molecule has 5 nitrogen and oxygen atoms in total. The fourth-order valence-corrected chi connectivity index (χ4v) is 1.69. The summed E-state index contributed by atoms with van der Waals surface area (Å²) in [5.41, 5.74) is 5.42. The van der Waals surface area contributed by atoms with Gasteiger partial charge in [-0.05, 0) is 18.2 Å². The first-order valence-electron chi connectivity index (χ1n) is 3.86. The Morgan fingerprint density at radius 2 is 2.13 bits per heavy atom. The molecular formula is C8H8FN3O2S. The number of anilines is 2. The van der Waals surface area contributed by atoms with Gasteiger partial charge in [0.15, 0.2) is 5.75 Å². The molecule has 0 aliphatic carbocycles. The molecule has 0 bridgehead atoms. The molecule has 0 radical (unpaired) electrons. The number of halogens is 1. The minimum atomic E-state index is -3.75. The van der Waals surface area contributed by atoms with E-state index >= 15 is 0 Å². The van der Waals surface area contributed by atoms with Crippen LogP contribution in [0.3, 0.4) is 0 Å². The maximum absolute atomic E-state index is 12.8. The molecule has 0 atom stereocenters. The average Bonchev–Trinajstić information content (AvgIpc) is 1.99. The third-order valence-corrected chi connectivity index (χ3v) is 2.50. The number of hydrogen-bond donors (Lipinski definition) is 2. The highest BCUT2D eigenvalue weighted by atomic mass is 32.2. The first-order valence-corrected chi connectivity index (χ1v) is 5.52. The van der Waals surface area contributed by atoms with Gasteiger partial charge in [0.25, 0.3) is 0 Å². The number of nitrogen functional groups attached to an aromatic ring is 1. The number of nitrogens with one attached hydrogen (secondary N) is 1. The van der Waals surface area contributed by atoms with Gasteiger partial charge in [-0.15, -0.1) is 0 Å². The van der Waals surface area contributed by atoms with Crippen molar-refractivity contribution in [1.82, 2.24) is 0 Å². The van der Waals surface area contributed by atoms with Crippen LogP contribution >= 0.6 is 0 Å². The molecule has 0 unspecified atom stereocenters. The van der Waals surface area contributed by atoms with E-state index in [0.717, 1.165) is 12.1 Å². The molecule has 1 aromatic carbocycles. The first-order chi connectivity index (χ1) is 6.93. The lowest BCUT2D eigenvalue weighted by atomic mass is 10.3. The lowest BCUT2D eigenvalue weighted by molar-refractivity contribution is 0.604. The predicted octanol–water partition coefficient (Wildman–Crippen LogP) is 0.673. The minimum absolute atomic E-state index is 0.00255. The summed E-state index contributed by atoms with van der Waals surface area (Å²) < 4.78 is 37.1. The van der Waals surface area contributed by atoms with Crippen LogP contribution in [0.5, 0.6) is 0 Å². The summed E-state index contributed by atoms with van der Waals surface area (Å²) in [4.78, 5) is 0. The Morgan fingerprint density at radius 3 is 2.67 bits per heavy atom. The second-order valence-electron chi connectivity index (χ2n) is 2.79. The highest BCUT2D eigenvalue weighted by Gasteiger charge is 2.10. The summed E-state index contributed by atoms with van der Waals surface area (Å²) in [5, 5.41) is 8.22. The van der Waals surface area contributed by atoms with Crippen LogP contribution in [-0.2, 0) is 10.0 Å². The van der Waals surface area contributed by atoms with Gasteiger partial charge in [-0.25, -0.2) is 12.8 Å². The van der Waals surface area contributed by atoms with Crippen molar-refractivity contribution in [2.75, 3.05) is 16.2 Å². The molecule has 0 aliphatic heterocycles. The van der Waals surface area contributed by atoms with E-state index in [4.69, 9.17) is 11.0 Å². The second kappa shape index (κ2) is 4.14. The Kier molecular flexibility index (Phi) is 3.11. The molecule has 1 rings (SSSR count). The molecule has 7 heteroatoms. The maximum Gasteiger partial charge on any atom is 0.246 e. The number of sulfonamides is 1. The third kappa shape index (κ3) is 3.44. The summed E-state index contributed by atoms with van der Waals surface area (Å²) in [5.74, 6) is -1.34. The van der Waals surface area contributed by atoms with E-state index in [1.807, 2.05) is 4.72 Å². The molecule has 0 heterocycles. The van der Waals surface area contributed by atoms with Gasteiger partial charge in [0.2, 0.25) is 10.0 Å². The minimum Gasteiger partial charge on any atom is -0.399 e. The van der Waals surface area contributed by atoms with Crippen LogP contribution in [0.25, 0.3) is 0 Å². The third-order valence-electron chi connectivity index (χ3n) is 1.45. The Hall–Kier alpha value is -1.81. The molecule has 0 fully saturated rings. The SMILES string of the molecule is N#CCS(=O)(=O)Nc1cc(N)cc(F)c1. The van der Waals surface area contributed by atoms with Crippen LogP contribution in [-0.4, -0.2) is 14.2 Å². The van der Waals surface area contributed by atoms with Crippen LogP contribution in [0, 0.1) is 17.1 Å². The number of benzene rings is 1. The van der Waals surface area contributed by atoms with Crippen molar-refractivity contribution in [2.24, 2.45) is 0 Å². The molecule has 0 amide bonds. The Bertz CT molecular complexity index is 487. The highest BCUT2D eigenvalue weighted by Crippen LogP contribution is 2.16. The largest absolute Gasteiger partial charge is 0.399 e. The standard InChI is InChI=1S/C8H8FN3O2S/c9-6-3-7(11)5-8(4-6)12-15(13,14)2-1-10/h3-5,12H,2,11H2. The Balaban J connectivity index is 2.96. The Labute approximate surface area is 86.4 Å². The van der Waals surface area contributed by atoms with E-state index in [1.165, 1.54) is 12.1 Å². The van der Waals surface area contributed by atoms with Gasteiger partial charge in [0.05, 0.1) is 11.8 Å².